The van der Waals surface area contributed by atoms with Crippen LogP contribution in [0, 0.1) is 0 Å². The van der Waals surface area contributed by atoms with Gasteiger partial charge in [-0.15, -0.1) is 10.2 Å². The van der Waals surface area contributed by atoms with Crippen molar-refractivity contribution in [2.75, 3.05) is 5.32 Å². The lowest BCUT2D eigenvalue weighted by atomic mass is 10.3. The van der Waals surface area contributed by atoms with Gasteiger partial charge in [0, 0.05) is 0 Å². The number of amides is 1. The van der Waals surface area contributed by atoms with Gasteiger partial charge in [-0.2, -0.15) is 5.21 Å². The molecule has 94 valence electrons. The van der Waals surface area contributed by atoms with Crippen LogP contribution < -0.4 is 10.5 Å². The predicted octanol–water partition coefficient (Wildman–Crippen LogP) is -0.901. The van der Waals surface area contributed by atoms with Gasteiger partial charge in [-0.3, -0.25) is 4.79 Å². The van der Waals surface area contributed by atoms with E-state index in [1.54, 1.807) is 6.07 Å². The van der Waals surface area contributed by atoms with Crippen LogP contribution in [-0.2, 0) is 10.0 Å². The van der Waals surface area contributed by atoms with Crippen molar-refractivity contribution in [1.29, 1.82) is 0 Å². The summed E-state index contributed by atoms with van der Waals surface area (Å²) in [5.41, 5.74) is 0.0507. The van der Waals surface area contributed by atoms with E-state index in [0.29, 0.717) is 0 Å². The Labute approximate surface area is 101 Å². The molecule has 1 amide bonds. The van der Waals surface area contributed by atoms with Gasteiger partial charge in [0.2, 0.25) is 10.0 Å². The summed E-state index contributed by atoms with van der Waals surface area (Å²) in [6.07, 6.45) is 0. The SMILES string of the molecule is NS(=O)(=O)c1ccccc1NC(=O)c1nn[nH]n1. The lowest BCUT2D eigenvalue weighted by Gasteiger charge is -2.07. The van der Waals surface area contributed by atoms with E-state index in [0.717, 1.165) is 0 Å². The minimum absolute atomic E-state index is 0.0507. The number of carbonyl (C=O) groups is 1. The number of anilines is 1. The van der Waals surface area contributed by atoms with Crippen molar-refractivity contribution in [2.45, 2.75) is 4.90 Å². The van der Waals surface area contributed by atoms with E-state index in [2.05, 4.69) is 25.9 Å². The number of H-pyrrole nitrogens is 1. The second-order valence-electron chi connectivity index (χ2n) is 3.23. The number of hydrogen-bond acceptors (Lipinski definition) is 6. The van der Waals surface area contributed by atoms with E-state index in [1.807, 2.05) is 0 Å². The van der Waals surface area contributed by atoms with Crippen molar-refractivity contribution >= 4 is 21.6 Å². The van der Waals surface area contributed by atoms with Gasteiger partial charge >= 0.3 is 0 Å². The molecular weight excluding hydrogens is 260 g/mol. The number of aromatic nitrogens is 4. The van der Waals surface area contributed by atoms with E-state index >= 15 is 0 Å². The van der Waals surface area contributed by atoms with E-state index in [1.165, 1.54) is 18.2 Å². The van der Waals surface area contributed by atoms with E-state index in [4.69, 9.17) is 5.14 Å². The maximum Gasteiger partial charge on any atom is 0.297 e. The van der Waals surface area contributed by atoms with Crippen molar-refractivity contribution in [2.24, 2.45) is 5.14 Å². The molecular formula is C8H8N6O3S. The van der Waals surface area contributed by atoms with Crippen molar-refractivity contribution in [3.8, 4) is 0 Å². The van der Waals surface area contributed by atoms with Crippen molar-refractivity contribution in [3.63, 3.8) is 0 Å². The number of hydrogen-bond donors (Lipinski definition) is 3. The second kappa shape index (κ2) is 4.50. The Morgan fingerprint density at radius 3 is 2.67 bits per heavy atom. The number of sulfonamides is 1. The third-order valence-electron chi connectivity index (χ3n) is 1.99. The Morgan fingerprint density at radius 1 is 1.33 bits per heavy atom. The highest BCUT2D eigenvalue weighted by molar-refractivity contribution is 7.89. The summed E-state index contributed by atoms with van der Waals surface area (Å²) >= 11 is 0. The molecule has 10 heteroatoms. The molecule has 0 spiro atoms. The summed E-state index contributed by atoms with van der Waals surface area (Å²) in [6, 6.07) is 5.73. The third kappa shape index (κ3) is 2.49. The first-order valence-electron chi connectivity index (χ1n) is 4.65. The lowest BCUT2D eigenvalue weighted by molar-refractivity contribution is 0.101. The summed E-state index contributed by atoms with van der Waals surface area (Å²) < 4.78 is 22.6. The standard InChI is InChI=1S/C8H8N6O3S/c9-18(16,17)6-4-2-1-3-5(6)10-8(15)7-11-13-14-12-7/h1-4H,(H,10,15)(H2,9,16,17)(H,11,12,13,14). The van der Waals surface area contributed by atoms with Crippen molar-refractivity contribution in [3.05, 3.63) is 30.1 Å². The molecule has 0 saturated heterocycles. The van der Waals surface area contributed by atoms with E-state index in [9.17, 15) is 13.2 Å². The summed E-state index contributed by atoms with van der Waals surface area (Å²) in [4.78, 5) is 11.4. The van der Waals surface area contributed by atoms with Gasteiger partial charge in [-0.1, -0.05) is 12.1 Å². The maximum atomic E-state index is 11.6. The molecule has 0 radical (unpaired) electrons. The number of nitrogens with two attached hydrogens (primary N) is 1. The Kier molecular flexibility index (Phi) is 3.04. The number of benzene rings is 1. The molecule has 0 atom stereocenters. The van der Waals surface area contributed by atoms with Gasteiger partial charge < -0.3 is 5.32 Å². The summed E-state index contributed by atoms with van der Waals surface area (Å²) in [7, 11) is -3.93. The van der Waals surface area contributed by atoms with E-state index in [-0.39, 0.29) is 16.4 Å². The van der Waals surface area contributed by atoms with Gasteiger partial charge in [-0.25, -0.2) is 13.6 Å². The first-order valence-corrected chi connectivity index (χ1v) is 6.20. The van der Waals surface area contributed by atoms with Gasteiger partial charge in [-0.05, 0) is 17.3 Å². The summed E-state index contributed by atoms with van der Waals surface area (Å²) in [6.45, 7) is 0. The number of primary sulfonamides is 1. The predicted molar refractivity (Wildman–Crippen MR) is 59.9 cm³/mol. The zero-order valence-corrected chi connectivity index (χ0v) is 9.68. The Hall–Kier alpha value is -2.33. The van der Waals surface area contributed by atoms with Crippen molar-refractivity contribution in [1.82, 2.24) is 20.6 Å². The molecule has 4 N–H and O–H groups in total. The number of nitrogens with one attached hydrogen (secondary N) is 2. The number of tetrazole rings is 1. The Bertz CT molecular complexity index is 666. The number of nitrogens with zero attached hydrogens (tertiary/aromatic N) is 3. The van der Waals surface area contributed by atoms with E-state index < -0.39 is 15.9 Å². The van der Waals surface area contributed by atoms with Crippen LogP contribution in [-0.4, -0.2) is 34.9 Å². The molecule has 1 heterocycles. The molecule has 0 bridgehead atoms. The van der Waals surface area contributed by atoms with Crippen LogP contribution in [0.4, 0.5) is 5.69 Å². The maximum absolute atomic E-state index is 11.6. The zero-order valence-electron chi connectivity index (χ0n) is 8.86. The van der Waals surface area contributed by atoms with Gasteiger partial charge in [0.25, 0.3) is 11.7 Å². The molecule has 2 aromatic rings. The molecule has 2 rings (SSSR count). The highest BCUT2D eigenvalue weighted by Crippen LogP contribution is 2.19. The Morgan fingerprint density at radius 2 is 2.06 bits per heavy atom. The highest BCUT2D eigenvalue weighted by Gasteiger charge is 2.17. The van der Waals surface area contributed by atoms with Crippen LogP contribution in [0.5, 0.6) is 0 Å². The van der Waals surface area contributed by atoms with Crippen LogP contribution in [0.15, 0.2) is 29.2 Å². The number of para-hydroxylation sites is 1. The highest BCUT2D eigenvalue weighted by atomic mass is 32.2. The fraction of sp³-hybridized carbons (Fsp3) is 0. The smallest absolute Gasteiger partial charge is 0.297 e. The van der Waals surface area contributed by atoms with Gasteiger partial charge in [0.15, 0.2) is 0 Å². The molecule has 1 aromatic heterocycles. The van der Waals surface area contributed by atoms with Crippen LogP contribution in [0.1, 0.15) is 10.6 Å². The fourth-order valence-electron chi connectivity index (χ4n) is 1.25. The molecule has 0 aliphatic rings. The number of aromatic amines is 1. The fourth-order valence-corrected chi connectivity index (χ4v) is 1.95. The van der Waals surface area contributed by atoms with Crippen LogP contribution in [0.25, 0.3) is 0 Å². The van der Waals surface area contributed by atoms with Crippen LogP contribution in [0.2, 0.25) is 0 Å². The van der Waals surface area contributed by atoms with Crippen LogP contribution in [0.3, 0.4) is 0 Å². The van der Waals surface area contributed by atoms with Gasteiger partial charge in [0.05, 0.1) is 5.69 Å². The minimum Gasteiger partial charge on any atom is -0.318 e. The normalized spacial score (nSPS) is 11.2. The second-order valence-corrected chi connectivity index (χ2v) is 4.76. The number of carbonyl (C=O) groups excluding carboxylic acids is 1. The molecule has 0 unspecified atom stereocenters. The monoisotopic (exact) mass is 268 g/mol. The van der Waals surface area contributed by atoms with Crippen LogP contribution >= 0.6 is 0 Å². The quantitative estimate of drug-likeness (QED) is 0.658. The average Bonchev–Trinajstić information content (AvgIpc) is 2.81. The molecule has 1 aromatic carbocycles. The molecule has 9 nitrogen and oxygen atoms in total. The minimum atomic E-state index is -3.93. The molecule has 0 fully saturated rings. The van der Waals surface area contributed by atoms with Gasteiger partial charge in [0.1, 0.15) is 4.90 Å². The number of rotatable bonds is 3. The summed E-state index contributed by atoms with van der Waals surface area (Å²) in [5, 5.41) is 19.6. The average molecular weight is 268 g/mol. The summed E-state index contributed by atoms with van der Waals surface area (Å²) in [5.74, 6) is -0.904. The third-order valence-corrected chi connectivity index (χ3v) is 2.96. The molecule has 0 aliphatic heterocycles. The molecule has 0 saturated carbocycles. The topological polar surface area (TPSA) is 144 Å². The van der Waals surface area contributed by atoms with Crippen molar-refractivity contribution < 1.29 is 13.2 Å². The first kappa shape index (κ1) is 12.1. The largest absolute Gasteiger partial charge is 0.318 e. The first-order chi connectivity index (χ1) is 8.48. The molecule has 0 aliphatic carbocycles. The molecule has 18 heavy (non-hydrogen) atoms. The lowest BCUT2D eigenvalue weighted by Crippen LogP contribution is -2.19. The zero-order chi connectivity index (χ0) is 13.2. The Balaban J connectivity index is 2.33.